The molecule has 150 valence electrons. The Bertz CT molecular complexity index is 913. The Morgan fingerprint density at radius 1 is 1.14 bits per heavy atom. The molecule has 1 atom stereocenters. The van der Waals surface area contributed by atoms with Crippen LogP contribution < -0.4 is 9.64 Å². The molecule has 0 saturated heterocycles. The maximum absolute atomic E-state index is 10.1. The Morgan fingerprint density at radius 2 is 1.89 bits per heavy atom. The van der Waals surface area contributed by atoms with Crippen molar-refractivity contribution in [1.29, 1.82) is 0 Å². The average Bonchev–Trinajstić information content (AvgIpc) is 3.13. The van der Waals surface area contributed by atoms with Gasteiger partial charge in [-0.05, 0) is 43.5 Å². The van der Waals surface area contributed by atoms with Gasteiger partial charge in [-0.2, -0.15) is 0 Å². The maximum atomic E-state index is 10.1. The van der Waals surface area contributed by atoms with Crippen LogP contribution in [0, 0.1) is 6.92 Å². The van der Waals surface area contributed by atoms with Crippen molar-refractivity contribution in [2.75, 3.05) is 18.0 Å². The van der Waals surface area contributed by atoms with E-state index in [1.165, 1.54) is 0 Å². The van der Waals surface area contributed by atoms with E-state index in [-0.39, 0.29) is 0 Å². The van der Waals surface area contributed by atoms with Crippen molar-refractivity contribution >= 4 is 11.3 Å². The summed E-state index contributed by atoms with van der Waals surface area (Å²) >= 11 is 0. The zero-order valence-electron chi connectivity index (χ0n) is 17.4. The second kappa shape index (κ2) is 9.11. The molecule has 3 rings (SSSR count). The lowest BCUT2D eigenvalue weighted by molar-refractivity contribution is -0.0187. The fourth-order valence-electron chi connectivity index (χ4n) is 3.44. The Morgan fingerprint density at radius 3 is 2.54 bits per heavy atom. The first kappa shape index (κ1) is 20.2. The molecule has 0 aliphatic rings. The number of anilines is 1. The third-order valence-corrected chi connectivity index (χ3v) is 4.88. The smallest absolute Gasteiger partial charge is 0.197 e. The number of ether oxygens (including phenoxy) is 1. The molecule has 0 saturated carbocycles. The Kier molecular flexibility index (Phi) is 6.57. The molecule has 0 amide bonds. The zero-order chi connectivity index (χ0) is 20.1. The Hall–Kier alpha value is -2.53. The normalized spacial score (nSPS) is 12.3. The number of hydrogen-bond acceptors (Lipinski definition) is 4. The van der Waals surface area contributed by atoms with Crippen LogP contribution in [0.1, 0.15) is 45.6 Å². The van der Waals surface area contributed by atoms with E-state index in [4.69, 9.17) is 9.72 Å². The van der Waals surface area contributed by atoms with Gasteiger partial charge in [0.25, 0.3) is 0 Å². The second-order valence-corrected chi connectivity index (χ2v) is 7.20. The van der Waals surface area contributed by atoms with Crippen LogP contribution in [0.3, 0.4) is 0 Å². The van der Waals surface area contributed by atoms with Crippen LogP contribution in [-0.4, -0.2) is 33.9 Å². The van der Waals surface area contributed by atoms with E-state index in [0.717, 1.165) is 54.1 Å². The number of pyridine rings is 1. The SMILES string of the molecule is CCCN(CCC)c1ccc(-c2cn3cccc(C)c3n2)c(OC(O)CC)c1. The average molecular weight is 382 g/mol. The number of fused-ring (bicyclic) bond motifs is 1. The zero-order valence-corrected chi connectivity index (χ0v) is 17.4. The van der Waals surface area contributed by atoms with Crippen molar-refractivity contribution in [2.24, 2.45) is 0 Å². The number of nitrogens with zero attached hydrogens (tertiary/aromatic N) is 3. The molecule has 2 heterocycles. The highest BCUT2D eigenvalue weighted by molar-refractivity contribution is 5.73. The molecule has 0 aliphatic heterocycles. The van der Waals surface area contributed by atoms with Gasteiger partial charge in [-0.25, -0.2) is 4.98 Å². The van der Waals surface area contributed by atoms with Gasteiger partial charge in [0.15, 0.2) is 6.29 Å². The molecule has 0 bridgehead atoms. The fraction of sp³-hybridized carbons (Fsp3) is 0.435. The number of aliphatic hydroxyl groups excluding tert-OH is 1. The molecule has 0 fully saturated rings. The number of hydrogen-bond donors (Lipinski definition) is 1. The summed E-state index contributed by atoms with van der Waals surface area (Å²) in [7, 11) is 0. The van der Waals surface area contributed by atoms with E-state index in [2.05, 4.69) is 43.9 Å². The quantitative estimate of drug-likeness (QED) is 0.527. The Labute approximate surface area is 167 Å². The monoisotopic (exact) mass is 381 g/mol. The number of aliphatic hydroxyl groups is 1. The summed E-state index contributed by atoms with van der Waals surface area (Å²) in [6.07, 6.45) is 5.87. The summed E-state index contributed by atoms with van der Waals surface area (Å²) in [5.74, 6) is 0.671. The fourth-order valence-corrected chi connectivity index (χ4v) is 3.44. The molecule has 1 aromatic carbocycles. The van der Waals surface area contributed by atoms with Gasteiger partial charge in [0.1, 0.15) is 11.4 Å². The number of benzene rings is 1. The number of aryl methyl sites for hydroxylation is 1. The van der Waals surface area contributed by atoms with Gasteiger partial charge in [0.2, 0.25) is 0 Å². The van der Waals surface area contributed by atoms with Gasteiger partial charge in [0, 0.05) is 49.2 Å². The van der Waals surface area contributed by atoms with E-state index in [1.54, 1.807) is 0 Å². The van der Waals surface area contributed by atoms with Gasteiger partial charge in [0.05, 0.1) is 5.69 Å². The van der Waals surface area contributed by atoms with Gasteiger partial charge < -0.3 is 19.1 Å². The summed E-state index contributed by atoms with van der Waals surface area (Å²) in [6.45, 7) is 10.3. The molecular formula is C23H31N3O2. The summed E-state index contributed by atoms with van der Waals surface area (Å²) in [5, 5.41) is 10.1. The number of imidazole rings is 1. The highest BCUT2D eigenvalue weighted by Crippen LogP contribution is 2.34. The third-order valence-electron chi connectivity index (χ3n) is 4.88. The molecule has 0 spiro atoms. The van der Waals surface area contributed by atoms with E-state index < -0.39 is 6.29 Å². The maximum Gasteiger partial charge on any atom is 0.197 e. The lowest BCUT2D eigenvalue weighted by Crippen LogP contribution is -2.25. The van der Waals surface area contributed by atoms with Crippen molar-refractivity contribution in [2.45, 2.75) is 53.2 Å². The predicted octanol–water partition coefficient (Wildman–Crippen LogP) is 5.04. The summed E-state index contributed by atoms with van der Waals surface area (Å²) in [5.41, 5.74) is 4.91. The van der Waals surface area contributed by atoms with Gasteiger partial charge >= 0.3 is 0 Å². The predicted molar refractivity (Wildman–Crippen MR) is 115 cm³/mol. The molecule has 2 aromatic heterocycles. The largest absolute Gasteiger partial charge is 0.464 e. The molecule has 1 N–H and O–H groups in total. The van der Waals surface area contributed by atoms with Crippen LogP contribution >= 0.6 is 0 Å². The highest BCUT2D eigenvalue weighted by Gasteiger charge is 2.16. The van der Waals surface area contributed by atoms with Crippen LogP contribution in [-0.2, 0) is 0 Å². The summed E-state index contributed by atoms with van der Waals surface area (Å²) in [4.78, 5) is 7.18. The standard InChI is InChI=1S/C23H31N3O2/c1-5-12-25(13-6-2)18-10-11-19(21(15-18)28-22(27)7-3)20-16-26-14-8-9-17(4)23(26)24-20/h8-11,14-16,22,27H,5-7,12-13H2,1-4H3. The molecule has 5 nitrogen and oxygen atoms in total. The number of aromatic nitrogens is 2. The van der Waals surface area contributed by atoms with E-state index in [0.29, 0.717) is 12.2 Å². The minimum absolute atomic E-state index is 0.529. The summed E-state index contributed by atoms with van der Waals surface area (Å²) < 4.78 is 7.93. The molecular weight excluding hydrogens is 350 g/mol. The topological polar surface area (TPSA) is 50.0 Å². The molecule has 1 unspecified atom stereocenters. The molecule has 0 radical (unpaired) electrons. The third kappa shape index (κ3) is 4.30. The van der Waals surface area contributed by atoms with Gasteiger partial charge in [-0.3, -0.25) is 0 Å². The van der Waals surface area contributed by atoms with Crippen LogP contribution in [0.2, 0.25) is 0 Å². The van der Waals surface area contributed by atoms with Crippen molar-refractivity contribution < 1.29 is 9.84 Å². The van der Waals surface area contributed by atoms with Gasteiger partial charge in [-0.15, -0.1) is 0 Å². The highest BCUT2D eigenvalue weighted by atomic mass is 16.6. The lowest BCUT2D eigenvalue weighted by atomic mass is 10.1. The van der Waals surface area contributed by atoms with Crippen molar-refractivity contribution in [3.63, 3.8) is 0 Å². The second-order valence-electron chi connectivity index (χ2n) is 7.20. The molecule has 28 heavy (non-hydrogen) atoms. The van der Waals surface area contributed by atoms with Crippen molar-refractivity contribution in [3.8, 4) is 17.0 Å². The first-order valence-electron chi connectivity index (χ1n) is 10.3. The van der Waals surface area contributed by atoms with Crippen molar-refractivity contribution in [3.05, 3.63) is 48.3 Å². The molecule has 3 aromatic rings. The lowest BCUT2D eigenvalue weighted by Gasteiger charge is -2.25. The van der Waals surface area contributed by atoms with Crippen molar-refractivity contribution in [1.82, 2.24) is 9.38 Å². The minimum atomic E-state index is -0.835. The first-order chi connectivity index (χ1) is 13.6. The van der Waals surface area contributed by atoms with Crippen LogP contribution in [0.25, 0.3) is 16.9 Å². The van der Waals surface area contributed by atoms with E-state index in [9.17, 15) is 5.11 Å². The van der Waals surface area contributed by atoms with E-state index in [1.807, 2.05) is 35.9 Å². The summed E-state index contributed by atoms with van der Waals surface area (Å²) in [6, 6.07) is 10.3. The Balaban J connectivity index is 2.06. The number of rotatable bonds is 9. The van der Waals surface area contributed by atoms with Crippen LogP contribution in [0.5, 0.6) is 5.75 Å². The van der Waals surface area contributed by atoms with Gasteiger partial charge in [-0.1, -0.05) is 26.8 Å². The molecule has 0 aliphatic carbocycles. The van der Waals surface area contributed by atoms with E-state index >= 15 is 0 Å². The first-order valence-corrected chi connectivity index (χ1v) is 10.3. The minimum Gasteiger partial charge on any atom is -0.464 e. The van der Waals surface area contributed by atoms with Crippen LogP contribution in [0.4, 0.5) is 5.69 Å². The molecule has 5 heteroatoms. The van der Waals surface area contributed by atoms with Crippen LogP contribution in [0.15, 0.2) is 42.7 Å².